The van der Waals surface area contributed by atoms with Crippen LogP contribution in [0.25, 0.3) is 0 Å². The SMILES string of the molecule is O=C(CNc1cccc2c1CCCC2)NC1CCCCC1. The summed E-state index contributed by atoms with van der Waals surface area (Å²) in [6, 6.07) is 6.84. The predicted molar refractivity (Wildman–Crippen MR) is 86.6 cm³/mol. The number of carbonyl (C=O) groups excluding carboxylic acids is 1. The number of aryl methyl sites for hydroxylation is 1. The van der Waals surface area contributed by atoms with E-state index in [-0.39, 0.29) is 5.91 Å². The Bertz CT molecular complexity index is 492. The van der Waals surface area contributed by atoms with Crippen LogP contribution in [0.4, 0.5) is 5.69 Å². The van der Waals surface area contributed by atoms with E-state index in [1.165, 1.54) is 49.7 Å². The number of benzene rings is 1. The van der Waals surface area contributed by atoms with Gasteiger partial charge in [-0.25, -0.2) is 0 Å². The number of rotatable bonds is 4. The second-order valence-corrected chi connectivity index (χ2v) is 6.41. The number of nitrogens with one attached hydrogen (secondary N) is 2. The van der Waals surface area contributed by atoms with Gasteiger partial charge in [0.05, 0.1) is 6.54 Å². The first-order valence-corrected chi connectivity index (χ1v) is 8.47. The van der Waals surface area contributed by atoms with Gasteiger partial charge in [-0.15, -0.1) is 0 Å². The molecule has 0 aromatic heterocycles. The minimum absolute atomic E-state index is 0.135. The highest BCUT2D eigenvalue weighted by Crippen LogP contribution is 2.27. The van der Waals surface area contributed by atoms with Gasteiger partial charge in [-0.1, -0.05) is 31.4 Å². The van der Waals surface area contributed by atoms with Gasteiger partial charge in [-0.3, -0.25) is 4.79 Å². The molecular weight excluding hydrogens is 260 g/mol. The van der Waals surface area contributed by atoms with E-state index in [4.69, 9.17) is 0 Å². The summed E-state index contributed by atoms with van der Waals surface area (Å²) in [5.74, 6) is 0.135. The Morgan fingerprint density at radius 2 is 1.86 bits per heavy atom. The maximum atomic E-state index is 12.1. The number of hydrogen-bond acceptors (Lipinski definition) is 2. The van der Waals surface area contributed by atoms with Crippen LogP contribution in [0.3, 0.4) is 0 Å². The molecule has 0 spiro atoms. The first-order chi connectivity index (χ1) is 10.3. The van der Waals surface area contributed by atoms with E-state index in [2.05, 4.69) is 28.8 Å². The van der Waals surface area contributed by atoms with Crippen LogP contribution in [-0.4, -0.2) is 18.5 Å². The predicted octanol–water partition coefficient (Wildman–Crippen LogP) is 3.43. The van der Waals surface area contributed by atoms with Crippen LogP contribution in [0.1, 0.15) is 56.1 Å². The Labute approximate surface area is 127 Å². The third-order valence-electron chi connectivity index (χ3n) is 4.81. The molecule has 1 saturated carbocycles. The van der Waals surface area contributed by atoms with Gasteiger partial charge in [0.25, 0.3) is 0 Å². The van der Waals surface area contributed by atoms with E-state index in [0.29, 0.717) is 12.6 Å². The fourth-order valence-electron chi connectivity index (χ4n) is 3.65. The lowest BCUT2D eigenvalue weighted by Crippen LogP contribution is -2.39. The molecule has 3 heteroatoms. The maximum Gasteiger partial charge on any atom is 0.239 e. The maximum absolute atomic E-state index is 12.1. The second-order valence-electron chi connectivity index (χ2n) is 6.41. The zero-order valence-corrected chi connectivity index (χ0v) is 12.8. The van der Waals surface area contributed by atoms with E-state index in [0.717, 1.165) is 24.9 Å². The van der Waals surface area contributed by atoms with Crippen molar-refractivity contribution in [1.82, 2.24) is 5.32 Å². The van der Waals surface area contributed by atoms with Crippen LogP contribution in [-0.2, 0) is 17.6 Å². The topological polar surface area (TPSA) is 41.1 Å². The van der Waals surface area contributed by atoms with E-state index >= 15 is 0 Å². The van der Waals surface area contributed by atoms with E-state index in [9.17, 15) is 4.79 Å². The van der Waals surface area contributed by atoms with Crippen LogP contribution in [0.2, 0.25) is 0 Å². The summed E-state index contributed by atoms with van der Waals surface area (Å²) in [6.07, 6.45) is 11.0. The number of fused-ring (bicyclic) bond motifs is 1. The molecule has 1 aromatic carbocycles. The second kappa shape index (κ2) is 6.97. The lowest BCUT2D eigenvalue weighted by molar-refractivity contribution is -0.120. The van der Waals surface area contributed by atoms with Crippen molar-refractivity contribution in [3.8, 4) is 0 Å². The highest BCUT2D eigenvalue weighted by molar-refractivity contribution is 5.81. The largest absolute Gasteiger partial charge is 0.376 e. The van der Waals surface area contributed by atoms with E-state index in [1.54, 1.807) is 0 Å². The van der Waals surface area contributed by atoms with Gasteiger partial charge in [0, 0.05) is 11.7 Å². The monoisotopic (exact) mass is 286 g/mol. The van der Waals surface area contributed by atoms with Crippen molar-refractivity contribution in [3.05, 3.63) is 29.3 Å². The Balaban J connectivity index is 1.53. The van der Waals surface area contributed by atoms with Gasteiger partial charge in [-0.2, -0.15) is 0 Å². The fraction of sp³-hybridized carbons (Fsp3) is 0.611. The standard InChI is InChI=1S/C18H26N2O/c21-18(20-15-9-2-1-3-10-15)13-19-17-12-6-8-14-7-4-5-11-16(14)17/h6,8,12,15,19H,1-5,7,9-11,13H2,(H,20,21). The lowest BCUT2D eigenvalue weighted by Gasteiger charge is -2.23. The summed E-state index contributed by atoms with van der Waals surface area (Å²) in [5.41, 5.74) is 4.04. The van der Waals surface area contributed by atoms with Crippen LogP contribution in [0.5, 0.6) is 0 Å². The molecule has 0 bridgehead atoms. The summed E-state index contributed by atoms with van der Waals surface area (Å²) in [6.45, 7) is 0.396. The molecule has 0 heterocycles. The van der Waals surface area contributed by atoms with Crippen LogP contribution in [0.15, 0.2) is 18.2 Å². The highest BCUT2D eigenvalue weighted by Gasteiger charge is 2.16. The molecule has 114 valence electrons. The van der Waals surface area contributed by atoms with Crippen molar-refractivity contribution in [1.29, 1.82) is 0 Å². The van der Waals surface area contributed by atoms with Crippen LogP contribution in [0, 0.1) is 0 Å². The number of amides is 1. The quantitative estimate of drug-likeness (QED) is 0.890. The molecule has 21 heavy (non-hydrogen) atoms. The van der Waals surface area contributed by atoms with Gasteiger partial charge < -0.3 is 10.6 Å². The molecule has 0 unspecified atom stereocenters. The van der Waals surface area contributed by atoms with Crippen molar-refractivity contribution in [2.24, 2.45) is 0 Å². The fourth-order valence-corrected chi connectivity index (χ4v) is 3.65. The van der Waals surface area contributed by atoms with Gasteiger partial charge >= 0.3 is 0 Å². The summed E-state index contributed by atoms with van der Waals surface area (Å²) in [5, 5.41) is 6.52. The van der Waals surface area contributed by atoms with Gasteiger partial charge in [0.15, 0.2) is 0 Å². The normalized spacial score (nSPS) is 18.9. The molecule has 0 atom stereocenters. The molecule has 2 aliphatic rings. The Morgan fingerprint density at radius 3 is 2.71 bits per heavy atom. The van der Waals surface area contributed by atoms with Gasteiger partial charge in [-0.05, 0) is 55.7 Å². The van der Waals surface area contributed by atoms with Crippen LogP contribution < -0.4 is 10.6 Å². The Hall–Kier alpha value is -1.51. The molecule has 2 N–H and O–H groups in total. The van der Waals surface area contributed by atoms with Gasteiger partial charge in [0.1, 0.15) is 0 Å². The molecule has 0 aliphatic heterocycles. The molecule has 1 fully saturated rings. The van der Waals surface area contributed by atoms with Crippen molar-refractivity contribution >= 4 is 11.6 Å². The molecule has 2 aliphatic carbocycles. The summed E-state index contributed by atoms with van der Waals surface area (Å²) >= 11 is 0. The first kappa shape index (κ1) is 14.4. The van der Waals surface area contributed by atoms with E-state index < -0.39 is 0 Å². The minimum atomic E-state index is 0.135. The van der Waals surface area contributed by atoms with E-state index in [1.807, 2.05) is 0 Å². The number of anilines is 1. The van der Waals surface area contributed by atoms with Crippen molar-refractivity contribution < 1.29 is 4.79 Å². The Morgan fingerprint density at radius 1 is 1.05 bits per heavy atom. The van der Waals surface area contributed by atoms with Crippen molar-refractivity contribution in [3.63, 3.8) is 0 Å². The highest BCUT2D eigenvalue weighted by atomic mass is 16.1. The third-order valence-corrected chi connectivity index (χ3v) is 4.81. The smallest absolute Gasteiger partial charge is 0.239 e. The molecule has 3 rings (SSSR count). The third kappa shape index (κ3) is 3.78. The van der Waals surface area contributed by atoms with Crippen molar-refractivity contribution in [2.75, 3.05) is 11.9 Å². The number of carbonyl (C=O) groups is 1. The molecule has 1 amide bonds. The average Bonchev–Trinajstić information content (AvgIpc) is 2.54. The number of hydrogen-bond donors (Lipinski definition) is 2. The molecule has 3 nitrogen and oxygen atoms in total. The molecule has 1 aromatic rings. The molecule has 0 saturated heterocycles. The summed E-state index contributed by atoms with van der Waals surface area (Å²) < 4.78 is 0. The average molecular weight is 286 g/mol. The zero-order chi connectivity index (χ0) is 14.5. The zero-order valence-electron chi connectivity index (χ0n) is 12.8. The first-order valence-electron chi connectivity index (χ1n) is 8.47. The summed E-state index contributed by atoms with van der Waals surface area (Å²) in [4.78, 5) is 12.1. The van der Waals surface area contributed by atoms with Crippen LogP contribution >= 0.6 is 0 Å². The summed E-state index contributed by atoms with van der Waals surface area (Å²) in [7, 11) is 0. The van der Waals surface area contributed by atoms with Crippen molar-refractivity contribution in [2.45, 2.75) is 63.8 Å². The molecule has 0 radical (unpaired) electrons. The minimum Gasteiger partial charge on any atom is -0.376 e. The van der Waals surface area contributed by atoms with Gasteiger partial charge in [0.2, 0.25) is 5.91 Å². The lowest BCUT2D eigenvalue weighted by atomic mass is 9.90. The Kier molecular flexibility index (Phi) is 4.79. The molecular formula is C18H26N2O.